The number of hydrogen-bond donors (Lipinski definition) is 1. The minimum atomic E-state index is -0.907. The molecule has 5 rings (SSSR count). The Kier molecular flexibility index (Phi) is 5.86. The van der Waals surface area contributed by atoms with Gasteiger partial charge in [0, 0.05) is 29.9 Å². The zero-order chi connectivity index (χ0) is 24.5. The average molecular weight is 472 g/mol. The quantitative estimate of drug-likeness (QED) is 0.455. The lowest BCUT2D eigenvalue weighted by Crippen LogP contribution is -2.41. The summed E-state index contributed by atoms with van der Waals surface area (Å²) in [4.78, 5) is 30.9. The van der Waals surface area contributed by atoms with Crippen molar-refractivity contribution < 1.29 is 24.2 Å². The second-order valence-electron chi connectivity index (χ2n) is 8.63. The summed E-state index contributed by atoms with van der Waals surface area (Å²) in [6.45, 7) is 2.87. The number of pyridine rings is 1. The minimum absolute atomic E-state index is 0.0941. The highest BCUT2D eigenvalue weighted by Gasteiger charge is 2.25. The predicted molar refractivity (Wildman–Crippen MR) is 132 cm³/mol. The molecule has 1 N–H and O–H groups in total. The molecule has 0 aliphatic carbocycles. The molecule has 0 saturated carbocycles. The first-order valence-electron chi connectivity index (χ1n) is 11.3. The number of carboxylic acids is 1. The van der Waals surface area contributed by atoms with E-state index in [1.54, 1.807) is 47.2 Å². The molecule has 1 unspecified atom stereocenters. The summed E-state index contributed by atoms with van der Waals surface area (Å²) in [5.74, 6) is 0.140. The number of rotatable bonds is 6. The third-order valence-corrected chi connectivity index (χ3v) is 6.12. The Morgan fingerprint density at radius 2 is 1.94 bits per heavy atom. The standard InChI is InChI=1S/C27H25N3O5/c1-17-13-22-19(14-25(31)32)5-3-6-23(22)30(17)27(33)18-8-10-20(11-9-18)34-16-21-15-29(2)24-7-4-12-28-26(24)35-21/h3-13,21H,14-16H2,1-2H3,(H,31,32). The van der Waals surface area contributed by atoms with Gasteiger partial charge in [-0.2, -0.15) is 0 Å². The largest absolute Gasteiger partial charge is 0.490 e. The number of ether oxygens (including phenoxy) is 2. The van der Waals surface area contributed by atoms with Gasteiger partial charge in [-0.3, -0.25) is 14.2 Å². The molecule has 0 bridgehead atoms. The number of carbonyl (C=O) groups is 2. The number of nitrogens with zero attached hydrogens (tertiary/aromatic N) is 3. The highest BCUT2D eigenvalue weighted by molar-refractivity contribution is 6.04. The van der Waals surface area contributed by atoms with Crippen molar-refractivity contribution in [3.05, 3.63) is 83.7 Å². The van der Waals surface area contributed by atoms with Gasteiger partial charge in [0.25, 0.3) is 5.91 Å². The molecule has 0 amide bonds. The number of aromatic nitrogens is 2. The molecule has 2 aromatic carbocycles. The van der Waals surface area contributed by atoms with E-state index in [9.17, 15) is 14.7 Å². The Balaban J connectivity index is 1.30. The maximum atomic E-state index is 13.3. The zero-order valence-corrected chi connectivity index (χ0v) is 19.5. The zero-order valence-electron chi connectivity index (χ0n) is 19.5. The monoisotopic (exact) mass is 471 g/mol. The number of likely N-dealkylation sites (N-methyl/N-ethyl adjacent to an activating group) is 1. The van der Waals surface area contributed by atoms with Crippen molar-refractivity contribution in [3.63, 3.8) is 0 Å². The molecule has 4 aromatic rings. The number of anilines is 1. The number of aliphatic carboxylic acids is 1. The number of carbonyl (C=O) groups excluding carboxylic acids is 1. The summed E-state index contributed by atoms with van der Waals surface area (Å²) in [7, 11) is 1.99. The van der Waals surface area contributed by atoms with Crippen LogP contribution in [0.2, 0.25) is 0 Å². The van der Waals surface area contributed by atoms with E-state index in [1.807, 2.05) is 38.2 Å². The smallest absolute Gasteiger partial charge is 0.307 e. The summed E-state index contributed by atoms with van der Waals surface area (Å²) >= 11 is 0. The van der Waals surface area contributed by atoms with Crippen LogP contribution in [0.3, 0.4) is 0 Å². The lowest BCUT2D eigenvalue weighted by Gasteiger charge is -2.32. The van der Waals surface area contributed by atoms with Crippen molar-refractivity contribution >= 4 is 28.5 Å². The average Bonchev–Trinajstić information content (AvgIpc) is 3.19. The van der Waals surface area contributed by atoms with Gasteiger partial charge in [-0.15, -0.1) is 0 Å². The normalized spacial score (nSPS) is 14.9. The maximum absolute atomic E-state index is 13.3. The van der Waals surface area contributed by atoms with E-state index in [4.69, 9.17) is 9.47 Å². The first-order valence-corrected chi connectivity index (χ1v) is 11.3. The number of benzene rings is 2. The van der Waals surface area contributed by atoms with Crippen molar-refractivity contribution in [2.75, 3.05) is 25.1 Å². The van der Waals surface area contributed by atoms with E-state index in [1.165, 1.54) is 0 Å². The summed E-state index contributed by atoms with van der Waals surface area (Å²) in [5, 5.41) is 9.97. The van der Waals surface area contributed by atoms with Crippen molar-refractivity contribution in [2.24, 2.45) is 0 Å². The Bertz CT molecular complexity index is 1410. The molecule has 0 fully saturated rings. The molecule has 0 spiro atoms. The van der Waals surface area contributed by atoms with Crippen molar-refractivity contribution in [1.82, 2.24) is 9.55 Å². The summed E-state index contributed by atoms with van der Waals surface area (Å²) in [5.41, 5.74) is 3.58. The van der Waals surface area contributed by atoms with Crippen LogP contribution in [0.5, 0.6) is 11.6 Å². The van der Waals surface area contributed by atoms with Crippen LogP contribution in [0.15, 0.2) is 66.9 Å². The molecule has 0 saturated heterocycles. The topological polar surface area (TPSA) is 93.9 Å². The van der Waals surface area contributed by atoms with Gasteiger partial charge >= 0.3 is 5.97 Å². The lowest BCUT2D eigenvalue weighted by molar-refractivity contribution is -0.136. The molecule has 0 radical (unpaired) electrons. The Hall–Kier alpha value is -4.33. The van der Waals surface area contributed by atoms with Crippen LogP contribution in [-0.4, -0.2) is 52.8 Å². The van der Waals surface area contributed by atoms with E-state index < -0.39 is 5.97 Å². The second kappa shape index (κ2) is 9.13. The fourth-order valence-electron chi connectivity index (χ4n) is 4.47. The summed E-state index contributed by atoms with van der Waals surface area (Å²) in [6.07, 6.45) is 1.44. The third-order valence-electron chi connectivity index (χ3n) is 6.12. The maximum Gasteiger partial charge on any atom is 0.307 e. The molecule has 8 nitrogen and oxygen atoms in total. The van der Waals surface area contributed by atoms with E-state index >= 15 is 0 Å². The van der Waals surface area contributed by atoms with Gasteiger partial charge in [-0.25, -0.2) is 4.98 Å². The van der Waals surface area contributed by atoms with Gasteiger partial charge in [0.1, 0.15) is 12.4 Å². The van der Waals surface area contributed by atoms with Crippen LogP contribution in [0.4, 0.5) is 5.69 Å². The summed E-state index contributed by atoms with van der Waals surface area (Å²) in [6, 6.07) is 18.1. The first-order chi connectivity index (χ1) is 16.9. The van der Waals surface area contributed by atoms with Crippen LogP contribution < -0.4 is 14.4 Å². The molecule has 8 heteroatoms. The molecule has 1 aliphatic rings. The van der Waals surface area contributed by atoms with Crippen LogP contribution in [0.1, 0.15) is 21.6 Å². The van der Waals surface area contributed by atoms with Gasteiger partial charge in [0.15, 0.2) is 6.10 Å². The molecule has 1 aliphatic heterocycles. The third kappa shape index (κ3) is 4.42. The number of fused-ring (bicyclic) bond motifs is 2. The molecule has 1 atom stereocenters. The SMILES string of the molecule is Cc1cc2c(CC(=O)O)cccc2n1C(=O)c1ccc(OCC2CN(C)c3cccnc3O2)cc1. The number of hydrogen-bond acceptors (Lipinski definition) is 6. The van der Waals surface area contributed by atoms with E-state index in [0.717, 1.165) is 16.8 Å². The van der Waals surface area contributed by atoms with Crippen LogP contribution >= 0.6 is 0 Å². The fourth-order valence-corrected chi connectivity index (χ4v) is 4.47. The van der Waals surface area contributed by atoms with Gasteiger partial charge in [-0.1, -0.05) is 12.1 Å². The van der Waals surface area contributed by atoms with E-state index in [2.05, 4.69) is 9.88 Å². The molecule has 2 aromatic heterocycles. The highest BCUT2D eigenvalue weighted by Crippen LogP contribution is 2.30. The van der Waals surface area contributed by atoms with Gasteiger partial charge in [0.05, 0.1) is 24.2 Å². The van der Waals surface area contributed by atoms with Crippen LogP contribution in [0.25, 0.3) is 10.9 Å². The van der Waals surface area contributed by atoms with E-state index in [0.29, 0.717) is 41.4 Å². The Labute approximate surface area is 202 Å². The lowest BCUT2D eigenvalue weighted by atomic mass is 10.1. The number of carboxylic acid groups (broad SMARTS) is 1. The Morgan fingerprint density at radius 1 is 1.14 bits per heavy atom. The van der Waals surface area contributed by atoms with Gasteiger partial charge in [0.2, 0.25) is 5.88 Å². The van der Waals surface area contributed by atoms with Gasteiger partial charge in [-0.05, 0) is 61.0 Å². The highest BCUT2D eigenvalue weighted by atomic mass is 16.5. The molecule has 178 valence electrons. The molecular weight excluding hydrogens is 446 g/mol. The molecule has 3 heterocycles. The Morgan fingerprint density at radius 3 is 2.71 bits per heavy atom. The summed E-state index contributed by atoms with van der Waals surface area (Å²) < 4.78 is 13.5. The first kappa shape index (κ1) is 22.5. The van der Waals surface area contributed by atoms with Crippen molar-refractivity contribution in [1.29, 1.82) is 0 Å². The van der Waals surface area contributed by atoms with Crippen molar-refractivity contribution in [2.45, 2.75) is 19.4 Å². The second-order valence-corrected chi connectivity index (χ2v) is 8.63. The number of aryl methyl sites for hydroxylation is 1. The minimum Gasteiger partial charge on any atom is -0.490 e. The molecule has 35 heavy (non-hydrogen) atoms. The van der Waals surface area contributed by atoms with Crippen molar-refractivity contribution in [3.8, 4) is 11.6 Å². The van der Waals surface area contributed by atoms with Crippen LogP contribution in [-0.2, 0) is 11.2 Å². The van der Waals surface area contributed by atoms with Crippen LogP contribution in [0, 0.1) is 6.92 Å². The van der Waals surface area contributed by atoms with Gasteiger partial charge < -0.3 is 19.5 Å². The van der Waals surface area contributed by atoms with E-state index in [-0.39, 0.29) is 18.4 Å². The molecular formula is C27H25N3O5. The predicted octanol–water partition coefficient (Wildman–Crippen LogP) is 3.94. The fraction of sp³-hybridized carbons (Fsp3) is 0.222.